The molecule has 0 radical (unpaired) electrons. The van der Waals surface area contributed by atoms with Gasteiger partial charge in [-0.05, 0) is 79.7 Å². The second-order valence-electron chi connectivity index (χ2n) is 8.53. The van der Waals surface area contributed by atoms with E-state index in [4.69, 9.17) is 23.2 Å². The van der Waals surface area contributed by atoms with Crippen molar-refractivity contribution in [1.29, 1.82) is 0 Å². The number of hydrogen-bond donors (Lipinski definition) is 2. The smallest absolute Gasteiger partial charge is 0.337 e. The molecule has 3 aromatic rings. The summed E-state index contributed by atoms with van der Waals surface area (Å²) in [7, 11) is 1.89. The van der Waals surface area contributed by atoms with Crippen LogP contribution in [-0.4, -0.2) is 24.7 Å². The normalized spacial score (nSPS) is 13.5. The van der Waals surface area contributed by atoms with E-state index in [9.17, 15) is 9.90 Å². The second-order valence-corrected chi connectivity index (χ2v) is 10.4. The van der Waals surface area contributed by atoms with E-state index < -0.39 is 5.97 Å². The van der Waals surface area contributed by atoms with Gasteiger partial charge in [-0.15, -0.1) is 0 Å². The molecule has 34 heavy (non-hydrogen) atoms. The van der Waals surface area contributed by atoms with Crippen LogP contribution >= 0.6 is 35.1 Å². The number of benzene rings is 3. The van der Waals surface area contributed by atoms with Gasteiger partial charge in [0.1, 0.15) is 0 Å². The molecule has 1 saturated carbocycles. The summed E-state index contributed by atoms with van der Waals surface area (Å²) in [5.41, 5.74) is 3.69. The Balaban J connectivity index is 1.73. The van der Waals surface area contributed by atoms with Gasteiger partial charge in [-0.1, -0.05) is 66.7 Å². The highest BCUT2D eigenvalue weighted by Crippen LogP contribution is 2.42. The van der Waals surface area contributed by atoms with Gasteiger partial charge in [0.25, 0.3) is 0 Å². The Kier molecular flexibility index (Phi) is 8.43. The molecule has 7 heteroatoms. The fraction of sp³-hybridized carbons (Fsp3) is 0.296. The molecule has 4 nitrogen and oxygen atoms in total. The van der Waals surface area contributed by atoms with Crippen molar-refractivity contribution in [1.82, 2.24) is 4.72 Å². The molecule has 178 valence electrons. The summed E-state index contributed by atoms with van der Waals surface area (Å²) in [6, 6.07) is 19.4. The van der Waals surface area contributed by atoms with E-state index in [2.05, 4.69) is 33.9 Å². The molecule has 0 heterocycles. The summed E-state index contributed by atoms with van der Waals surface area (Å²) in [4.78, 5) is 14.9. The largest absolute Gasteiger partial charge is 0.478 e. The Bertz CT molecular complexity index is 1150. The first-order valence-electron chi connectivity index (χ1n) is 11.5. The van der Waals surface area contributed by atoms with E-state index in [1.807, 2.05) is 25.2 Å². The minimum atomic E-state index is -1.06. The fourth-order valence-corrected chi connectivity index (χ4v) is 5.48. The molecule has 0 unspecified atom stereocenters. The van der Waals surface area contributed by atoms with Gasteiger partial charge >= 0.3 is 5.97 Å². The van der Waals surface area contributed by atoms with Gasteiger partial charge in [0.15, 0.2) is 0 Å². The van der Waals surface area contributed by atoms with E-state index in [0.29, 0.717) is 10.6 Å². The summed E-state index contributed by atoms with van der Waals surface area (Å²) in [6.45, 7) is 0.900. The number of halogens is 2. The number of carboxylic acid groups (broad SMARTS) is 1. The zero-order valence-electron chi connectivity index (χ0n) is 19.1. The molecule has 0 saturated heterocycles. The maximum atomic E-state index is 11.6. The number of nitrogens with zero attached hydrogens (tertiary/aromatic N) is 1. The van der Waals surface area contributed by atoms with Gasteiger partial charge in [-0.25, -0.2) is 4.79 Å². The van der Waals surface area contributed by atoms with Crippen molar-refractivity contribution in [3.8, 4) is 11.1 Å². The maximum Gasteiger partial charge on any atom is 0.337 e. The Hall–Kier alpha value is -2.18. The number of nitrogens with one attached hydrogen (secondary N) is 1. The number of carboxylic acids is 1. The van der Waals surface area contributed by atoms with Gasteiger partial charge in [-0.2, -0.15) is 0 Å². The van der Waals surface area contributed by atoms with Crippen molar-refractivity contribution in [2.45, 2.75) is 37.0 Å². The lowest BCUT2D eigenvalue weighted by molar-refractivity contribution is 0.0697. The monoisotopic (exact) mass is 514 g/mol. The predicted octanol–water partition coefficient (Wildman–Crippen LogP) is 8.30. The van der Waals surface area contributed by atoms with Crippen molar-refractivity contribution in [2.24, 2.45) is 5.92 Å². The number of hydrogen-bond acceptors (Lipinski definition) is 4. The van der Waals surface area contributed by atoms with Crippen LogP contribution in [0.15, 0.2) is 65.6 Å². The molecule has 3 aromatic carbocycles. The number of carbonyl (C=O) groups is 1. The third kappa shape index (κ3) is 5.72. The predicted molar refractivity (Wildman–Crippen MR) is 144 cm³/mol. The molecular formula is C27H28Cl2N2O2S. The second kappa shape index (κ2) is 11.5. The van der Waals surface area contributed by atoms with Crippen LogP contribution in [-0.2, 0) is 0 Å². The first kappa shape index (κ1) is 24.9. The van der Waals surface area contributed by atoms with Crippen LogP contribution < -0.4 is 9.62 Å². The highest BCUT2D eigenvalue weighted by Gasteiger charge is 2.21. The highest BCUT2D eigenvalue weighted by molar-refractivity contribution is 7.97. The molecular weight excluding hydrogens is 487 g/mol. The van der Waals surface area contributed by atoms with E-state index >= 15 is 0 Å². The third-order valence-corrected chi connectivity index (χ3v) is 7.74. The standard InChI is InChI=1S/C27H28Cl2N2O2S/c1-30-34-26-16-21(19-12-13-23(28)22(15-19)27(32)33)24(29)17-25(26)31(20-10-3-2-4-11-20)14-6-9-18-7-5-8-18/h2-4,10-13,15-18,30H,5-9,14H2,1H3,(H,32,33). The van der Waals surface area contributed by atoms with Crippen molar-refractivity contribution in [3.05, 3.63) is 76.3 Å². The van der Waals surface area contributed by atoms with E-state index in [1.165, 1.54) is 37.6 Å². The number of rotatable bonds is 10. The molecule has 0 aromatic heterocycles. The average molecular weight is 516 g/mol. The number of aromatic carboxylic acids is 1. The van der Waals surface area contributed by atoms with Gasteiger partial charge in [0.2, 0.25) is 0 Å². The molecule has 0 atom stereocenters. The summed E-state index contributed by atoms with van der Waals surface area (Å²) in [5.74, 6) is -0.200. The molecule has 0 bridgehead atoms. The molecule has 1 aliphatic rings. The number of anilines is 2. The first-order chi connectivity index (χ1) is 16.5. The van der Waals surface area contributed by atoms with Crippen LogP contribution in [0.5, 0.6) is 0 Å². The van der Waals surface area contributed by atoms with Crippen LogP contribution in [0.1, 0.15) is 42.5 Å². The van der Waals surface area contributed by atoms with E-state index in [1.54, 1.807) is 18.2 Å². The molecule has 1 fully saturated rings. The zero-order chi connectivity index (χ0) is 24.1. The van der Waals surface area contributed by atoms with E-state index in [-0.39, 0.29) is 10.6 Å². The molecule has 0 amide bonds. The van der Waals surface area contributed by atoms with Crippen LogP contribution in [0.4, 0.5) is 11.4 Å². The topological polar surface area (TPSA) is 52.6 Å². The molecule has 4 rings (SSSR count). The van der Waals surface area contributed by atoms with Gasteiger partial charge in [-0.3, -0.25) is 4.72 Å². The summed E-state index contributed by atoms with van der Waals surface area (Å²) >= 11 is 14.4. The van der Waals surface area contributed by atoms with Crippen LogP contribution in [0, 0.1) is 5.92 Å². The Morgan fingerprint density at radius 3 is 2.50 bits per heavy atom. The van der Waals surface area contributed by atoms with Gasteiger partial charge < -0.3 is 10.0 Å². The Morgan fingerprint density at radius 2 is 1.85 bits per heavy atom. The lowest BCUT2D eigenvalue weighted by Gasteiger charge is -2.30. The Labute approximate surface area is 215 Å². The molecule has 0 spiro atoms. The maximum absolute atomic E-state index is 11.6. The fourth-order valence-electron chi connectivity index (χ4n) is 4.34. The molecule has 2 N–H and O–H groups in total. The van der Waals surface area contributed by atoms with Gasteiger partial charge in [0.05, 0.1) is 21.3 Å². The zero-order valence-corrected chi connectivity index (χ0v) is 21.4. The van der Waals surface area contributed by atoms with E-state index in [0.717, 1.165) is 40.7 Å². The van der Waals surface area contributed by atoms with Crippen LogP contribution in [0.3, 0.4) is 0 Å². The molecule has 0 aliphatic heterocycles. The van der Waals surface area contributed by atoms with Crippen molar-refractivity contribution in [2.75, 3.05) is 18.5 Å². The minimum absolute atomic E-state index is 0.0593. The number of para-hydroxylation sites is 1. The summed E-state index contributed by atoms with van der Waals surface area (Å²) < 4.78 is 3.19. The van der Waals surface area contributed by atoms with Crippen LogP contribution in [0.2, 0.25) is 10.0 Å². The van der Waals surface area contributed by atoms with Gasteiger partial charge in [0, 0.05) is 22.7 Å². The summed E-state index contributed by atoms with van der Waals surface area (Å²) in [5, 5.41) is 10.3. The average Bonchev–Trinajstić information content (AvgIpc) is 2.80. The van der Waals surface area contributed by atoms with Crippen molar-refractivity contribution in [3.63, 3.8) is 0 Å². The van der Waals surface area contributed by atoms with Crippen molar-refractivity contribution >= 4 is 52.5 Å². The third-order valence-electron chi connectivity index (χ3n) is 6.35. The lowest BCUT2D eigenvalue weighted by atomic mass is 9.82. The minimum Gasteiger partial charge on any atom is -0.478 e. The lowest BCUT2D eigenvalue weighted by Crippen LogP contribution is -2.21. The first-order valence-corrected chi connectivity index (χ1v) is 13.1. The SMILES string of the molecule is CNSc1cc(-c2ccc(Cl)c(C(=O)O)c2)c(Cl)cc1N(CCCC1CCC1)c1ccccc1. The highest BCUT2D eigenvalue weighted by atomic mass is 35.5. The Morgan fingerprint density at radius 1 is 1.09 bits per heavy atom. The van der Waals surface area contributed by atoms with Crippen molar-refractivity contribution < 1.29 is 9.90 Å². The van der Waals surface area contributed by atoms with Crippen LogP contribution in [0.25, 0.3) is 11.1 Å². The summed E-state index contributed by atoms with van der Waals surface area (Å²) in [6.07, 6.45) is 6.42. The molecule has 1 aliphatic carbocycles. The quantitative estimate of drug-likeness (QED) is 0.266.